The number of anilines is 1. The van der Waals surface area contributed by atoms with E-state index in [1.807, 2.05) is 45.0 Å². The Morgan fingerprint density at radius 2 is 1.88 bits per heavy atom. The highest BCUT2D eigenvalue weighted by atomic mass is 16.2. The van der Waals surface area contributed by atoms with Crippen LogP contribution in [0.5, 0.6) is 0 Å². The molecule has 7 nitrogen and oxygen atoms in total. The van der Waals surface area contributed by atoms with E-state index in [-0.39, 0.29) is 18.2 Å². The molecule has 0 bridgehead atoms. The Bertz CT molecular complexity index is 785. The van der Waals surface area contributed by atoms with Gasteiger partial charge in [0.25, 0.3) is 0 Å². The summed E-state index contributed by atoms with van der Waals surface area (Å²) in [7, 11) is 0. The fourth-order valence-electron chi connectivity index (χ4n) is 2.42. The molecule has 3 rings (SSSR count). The molecule has 1 aromatic heterocycles. The minimum Gasteiger partial charge on any atom is -0.355 e. The quantitative estimate of drug-likeness (QED) is 0.742. The Morgan fingerprint density at radius 1 is 1.19 bits per heavy atom. The Hall–Kier alpha value is -2.70. The summed E-state index contributed by atoms with van der Waals surface area (Å²) in [5, 5.41) is 12.8. The second-order valence-electron chi connectivity index (χ2n) is 7.70. The first-order chi connectivity index (χ1) is 12.3. The van der Waals surface area contributed by atoms with Gasteiger partial charge in [0.15, 0.2) is 5.82 Å². The molecule has 1 aliphatic rings. The average molecular weight is 355 g/mol. The number of hydrogen-bond acceptors (Lipinski definition) is 4. The van der Waals surface area contributed by atoms with Crippen molar-refractivity contribution < 1.29 is 9.59 Å². The van der Waals surface area contributed by atoms with Gasteiger partial charge in [0, 0.05) is 35.5 Å². The molecule has 0 aliphatic heterocycles. The molecule has 0 atom stereocenters. The van der Waals surface area contributed by atoms with Gasteiger partial charge in [-0.1, -0.05) is 20.8 Å². The van der Waals surface area contributed by atoms with Crippen LogP contribution in [0.15, 0.2) is 24.3 Å². The SMILES string of the molecule is CC(C)(C)C(=O)NCCC(=O)Nc1ccc(-c2n[nH]c(C3CC3)n2)cc1. The molecule has 2 amide bonds. The normalized spacial score (nSPS) is 14.1. The fraction of sp³-hybridized carbons (Fsp3) is 0.474. The summed E-state index contributed by atoms with van der Waals surface area (Å²) in [6.07, 6.45) is 2.58. The zero-order valence-corrected chi connectivity index (χ0v) is 15.4. The van der Waals surface area contributed by atoms with Crippen molar-refractivity contribution in [1.82, 2.24) is 20.5 Å². The van der Waals surface area contributed by atoms with Crippen molar-refractivity contribution in [3.8, 4) is 11.4 Å². The lowest BCUT2D eigenvalue weighted by Crippen LogP contribution is -2.36. The van der Waals surface area contributed by atoms with Gasteiger partial charge in [-0.25, -0.2) is 4.98 Å². The predicted molar refractivity (Wildman–Crippen MR) is 99.5 cm³/mol. The van der Waals surface area contributed by atoms with E-state index in [0.29, 0.717) is 24.0 Å². The second kappa shape index (κ2) is 7.27. The van der Waals surface area contributed by atoms with Gasteiger partial charge in [-0.05, 0) is 37.1 Å². The summed E-state index contributed by atoms with van der Waals surface area (Å²) in [4.78, 5) is 28.3. The van der Waals surface area contributed by atoms with Gasteiger partial charge >= 0.3 is 0 Å². The van der Waals surface area contributed by atoms with Crippen molar-refractivity contribution >= 4 is 17.5 Å². The predicted octanol–water partition coefficient (Wildman–Crippen LogP) is 2.84. The summed E-state index contributed by atoms with van der Waals surface area (Å²) in [5.41, 5.74) is 1.16. The zero-order chi connectivity index (χ0) is 18.7. The van der Waals surface area contributed by atoms with Gasteiger partial charge in [-0.15, -0.1) is 0 Å². The summed E-state index contributed by atoms with van der Waals surface area (Å²) in [6.45, 7) is 5.84. The van der Waals surface area contributed by atoms with Crippen molar-refractivity contribution in [2.75, 3.05) is 11.9 Å². The number of aromatic amines is 1. The molecule has 0 saturated heterocycles. The van der Waals surface area contributed by atoms with Crippen molar-refractivity contribution in [3.05, 3.63) is 30.1 Å². The molecule has 1 aliphatic carbocycles. The van der Waals surface area contributed by atoms with Crippen LogP contribution >= 0.6 is 0 Å². The molecule has 0 unspecified atom stereocenters. The van der Waals surface area contributed by atoms with E-state index in [1.54, 1.807) is 0 Å². The third-order valence-corrected chi connectivity index (χ3v) is 4.21. The number of benzene rings is 1. The Balaban J connectivity index is 1.49. The molecule has 0 radical (unpaired) electrons. The largest absolute Gasteiger partial charge is 0.355 e. The molecule has 7 heteroatoms. The molecular weight excluding hydrogens is 330 g/mol. The van der Waals surface area contributed by atoms with Gasteiger partial charge in [-0.2, -0.15) is 5.10 Å². The van der Waals surface area contributed by atoms with E-state index in [4.69, 9.17) is 0 Å². The number of carbonyl (C=O) groups excluding carboxylic acids is 2. The molecule has 1 aromatic carbocycles. The van der Waals surface area contributed by atoms with E-state index in [1.165, 1.54) is 12.8 Å². The molecule has 138 valence electrons. The summed E-state index contributed by atoms with van der Waals surface area (Å²) in [6, 6.07) is 7.43. The average Bonchev–Trinajstić information content (AvgIpc) is 3.32. The number of hydrogen-bond donors (Lipinski definition) is 3. The first kappa shape index (κ1) is 18.1. The number of aromatic nitrogens is 3. The molecule has 26 heavy (non-hydrogen) atoms. The maximum absolute atomic E-state index is 12.0. The summed E-state index contributed by atoms with van der Waals surface area (Å²) in [5.74, 6) is 1.96. The number of rotatable bonds is 6. The molecule has 1 saturated carbocycles. The summed E-state index contributed by atoms with van der Waals surface area (Å²) < 4.78 is 0. The van der Waals surface area contributed by atoms with E-state index < -0.39 is 5.41 Å². The zero-order valence-electron chi connectivity index (χ0n) is 15.4. The third kappa shape index (κ3) is 4.68. The number of H-pyrrole nitrogens is 1. The minimum atomic E-state index is -0.452. The van der Waals surface area contributed by atoms with E-state index in [0.717, 1.165) is 11.4 Å². The fourth-order valence-corrected chi connectivity index (χ4v) is 2.42. The smallest absolute Gasteiger partial charge is 0.226 e. The van der Waals surface area contributed by atoms with E-state index >= 15 is 0 Å². The van der Waals surface area contributed by atoms with Crippen molar-refractivity contribution in [2.24, 2.45) is 5.41 Å². The Kier molecular flexibility index (Phi) is 5.06. The van der Waals surface area contributed by atoms with Gasteiger partial charge in [0.05, 0.1) is 0 Å². The van der Waals surface area contributed by atoms with E-state index in [9.17, 15) is 9.59 Å². The van der Waals surface area contributed by atoms with Gasteiger partial charge in [0.1, 0.15) is 5.82 Å². The standard InChI is InChI=1S/C19H25N5O2/c1-19(2,3)18(26)20-11-10-15(25)21-14-8-6-13(7-9-14)17-22-16(23-24-17)12-4-5-12/h6-9,12H,4-5,10-11H2,1-3H3,(H,20,26)(H,21,25)(H,22,23,24). The molecule has 1 fully saturated rings. The van der Waals surface area contributed by atoms with Crippen molar-refractivity contribution in [2.45, 2.75) is 46.0 Å². The first-order valence-electron chi connectivity index (χ1n) is 8.94. The number of nitrogens with zero attached hydrogens (tertiary/aromatic N) is 2. The van der Waals surface area contributed by atoms with Gasteiger partial charge in [-0.3, -0.25) is 14.7 Å². The van der Waals surface area contributed by atoms with Gasteiger partial charge < -0.3 is 10.6 Å². The van der Waals surface area contributed by atoms with Crippen LogP contribution in [0.1, 0.15) is 51.8 Å². The number of nitrogens with one attached hydrogen (secondary N) is 3. The lowest BCUT2D eigenvalue weighted by Gasteiger charge is -2.17. The lowest BCUT2D eigenvalue weighted by molar-refractivity contribution is -0.128. The highest BCUT2D eigenvalue weighted by Gasteiger charge is 2.27. The molecule has 1 heterocycles. The van der Waals surface area contributed by atoms with Crippen LogP contribution < -0.4 is 10.6 Å². The number of amides is 2. The van der Waals surface area contributed by atoms with Crippen LogP contribution in [0, 0.1) is 5.41 Å². The highest BCUT2D eigenvalue weighted by Crippen LogP contribution is 2.38. The van der Waals surface area contributed by atoms with Crippen LogP contribution in [0.3, 0.4) is 0 Å². The van der Waals surface area contributed by atoms with Crippen LogP contribution in [0.25, 0.3) is 11.4 Å². The molecule has 3 N–H and O–H groups in total. The van der Waals surface area contributed by atoms with Crippen LogP contribution in [-0.4, -0.2) is 33.5 Å². The van der Waals surface area contributed by atoms with Crippen molar-refractivity contribution in [1.29, 1.82) is 0 Å². The van der Waals surface area contributed by atoms with Crippen molar-refractivity contribution in [3.63, 3.8) is 0 Å². The Morgan fingerprint density at radius 3 is 2.50 bits per heavy atom. The monoisotopic (exact) mass is 355 g/mol. The van der Waals surface area contributed by atoms with Crippen LogP contribution in [0.2, 0.25) is 0 Å². The lowest BCUT2D eigenvalue weighted by atomic mass is 9.96. The molecular formula is C19H25N5O2. The highest BCUT2D eigenvalue weighted by molar-refractivity contribution is 5.91. The Labute approximate surface area is 153 Å². The third-order valence-electron chi connectivity index (χ3n) is 4.21. The number of carbonyl (C=O) groups is 2. The molecule has 2 aromatic rings. The maximum Gasteiger partial charge on any atom is 0.226 e. The summed E-state index contributed by atoms with van der Waals surface area (Å²) >= 11 is 0. The van der Waals surface area contributed by atoms with Gasteiger partial charge in [0.2, 0.25) is 11.8 Å². The second-order valence-corrected chi connectivity index (χ2v) is 7.70. The minimum absolute atomic E-state index is 0.0632. The van der Waals surface area contributed by atoms with E-state index in [2.05, 4.69) is 25.8 Å². The van der Waals surface area contributed by atoms with Crippen LogP contribution in [-0.2, 0) is 9.59 Å². The maximum atomic E-state index is 12.0. The van der Waals surface area contributed by atoms with Crippen LogP contribution in [0.4, 0.5) is 5.69 Å². The topological polar surface area (TPSA) is 99.8 Å². The first-order valence-corrected chi connectivity index (χ1v) is 8.94. The molecule has 0 spiro atoms.